The van der Waals surface area contributed by atoms with E-state index in [0.29, 0.717) is 0 Å². The molecule has 0 aliphatic heterocycles. The average Bonchev–Trinajstić information content (AvgIpc) is 2.85. The highest BCUT2D eigenvalue weighted by atomic mass is 19.1. The quantitative estimate of drug-likeness (QED) is 0.634. The molecule has 0 spiro atoms. The number of hydrogen-bond acceptors (Lipinski definition) is 5. The average molecular weight is 275 g/mol. The second kappa shape index (κ2) is 4.34. The molecule has 0 saturated heterocycles. The number of benzene rings is 1. The van der Waals surface area contributed by atoms with Gasteiger partial charge in [-0.15, -0.1) is 0 Å². The number of nitrogens with two attached hydrogens (primary N) is 1. The number of rotatable bonds is 2. The van der Waals surface area contributed by atoms with Gasteiger partial charge in [0.2, 0.25) is 5.95 Å². The van der Waals surface area contributed by atoms with E-state index in [9.17, 15) is 9.18 Å². The van der Waals surface area contributed by atoms with Crippen molar-refractivity contribution in [1.29, 1.82) is 0 Å². The molecule has 0 aliphatic rings. The minimum atomic E-state index is -0.624. The Bertz CT molecular complexity index is 855. The number of aromatic hydroxyl groups is 1. The van der Waals surface area contributed by atoms with Crippen LogP contribution in [-0.4, -0.2) is 24.6 Å². The predicted octanol–water partition coefficient (Wildman–Crippen LogP) is 0.595. The topological polar surface area (TPSA) is 110 Å². The summed E-state index contributed by atoms with van der Waals surface area (Å²) in [6.07, 6.45) is 1.34. The number of fused-ring (bicyclic) bond motifs is 1. The van der Waals surface area contributed by atoms with Crippen LogP contribution in [0, 0.1) is 5.82 Å². The zero-order chi connectivity index (χ0) is 14.3. The highest BCUT2D eigenvalue weighted by molar-refractivity contribution is 5.69. The normalized spacial score (nSPS) is 11.1. The van der Waals surface area contributed by atoms with E-state index < -0.39 is 11.4 Å². The maximum absolute atomic E-state index is 13.7. The molecular formula is C12H10FN5O2. The van der Waals surface area contributed by atoms with E-state index in [4.69, 9.17) is 10.8 Å². The molecule has 2 aromatic heterocycles. The Kier molecular flexibility index (Phi) is 2.63. The van der Waals surface area contributed by atoms with Crippen molar-refractivity contribution in [2.45, 2.75) is 6.54 Å². The third-order valence-corrected chi connectivity index (χ3v) is 2.94. The molecule has 3 rings (SSSR count). The zero-order valence-electron chi connectivity index (χ0n) is 10.2. The van der Waals surface area contributed by atoms with Gasteiger partial charge in [-0.05, 0) is 6.07 Å². The van der Waals surface area contributed by atoms with Crippen molar-refractivity contribution in [2.24, 2.45) is 0 Å². The van der Waals surface area contributed by atoms with Crippen LogP contribution in [0.5, 0.6) is 5.75 Å². The van der Waals surface area contributed by atoms with Crippen molar-refractivity contribution >= 4 is 17.1 Å². The molecule has 0 fully saturated rings. The smallest absolute Gasteiger partial charge is 0.281 e. The molecule has 2 heterocycles. The van der Waals surface area contributed by atoms with Crippen LogP contribution in [0.25, 0.3) is 11.2 Å². The highest BCUT2D eigenvalue weighted by Crippen LogP contribution is 2.16. The van der Waals surface area contributed by atoms with Crippen molar-refractivity contribution < 1.29 is 9.50 Å². The molecule has 0 bridgehead atoms. The zero-order valence-corrected chi connectivity index (χ0v) is 10.2. The van der Waals surface area contributed by atoms with Gasteiger partial charge < -0.3 is 15.8 Å². The molecular weight excluding hydrogens is 265 g/mol. The first kappa shape index (κ1) is 12.2. The fourth-order valence-corrected chi connectivity index (χ4v) is 1.92. The number of halogens is 1. The van der Waals surface area contributed by atoms with E-state index in [0.717, 1.165) is 10.6 Å². The van der Waals surface area contributed by atoms with E-state index in [-0.39, 0.29) is 35.0 Å². The third kappa shape index (κ3) is 1.87. The number of nitrogens with one attached hydrogen (secondary N) is 1. The lowest BCUT2D eigenvalue weighted by Crippen LogP contribution is -2.25. The number of nitrogen functional groups attached to an aromatic ring is 1. The van der Waals surface area contributed by atoms with Gasteiger partial charge in [0.25, 0.3) is 5.56 Å². The van der Waals surface area contributed by atoms with Gasteiger partial charge in [-0.2, -0.15) is 4.98 Å². The SMILES string of the molecule is Nc1nc2nc[nH]c2c(=O)n1Cc1ccc(O)cc1F. The molecule has 0 radical (unpaired) electrons. The summed E-state index contributed by atoms with van der Waals surface area (Å²) in [6.45, 7) is -0.0846. The molecule has 7 nitrogen and oxygen atoms in total. The number of nitrogens with zero attached hydrogens (tertiary/aromatic N) is 3. The van der Waals surface area contributed by atoms with Crippen LogP contribution < -0.4 is 11.3 Å². The van der Waals surface area contributed by atoms with E-state index in [1.54, 1.807) is 0 Å². The molecule has 1 aromatic carbocycles. The van der Waals surface area contributed by atoms with Crippen LogP contribution in [0.4, 0.5) is 10.3 Å². The Balaban J connectivity index is 2.12. The number of imidazole rings is 1. The fourth-order valence-electron chi connectivity index (χ4n) is 1.92. The molecule has 0 atom stereocenters. The summed E-state index contributed by atoms with van der Waals surface area (Å²) >= 11 is 0. The molecule has 4 N–H and O–H groups in total. The lowest BCUT2D eigenvalue weighted by Gasteiger charge is -2.09. The van der Waals surface area contributed by atoms with Crippen molar-refractivity contribution in [1.82, 2.24) is 19.5 Å². The largest absolute Gasteiger partial charge is 0.508 e. The minimum Gasteiger partial charge on any atom is -0.508 e. The molecule has 102 valence electrons. The molecule has 0 amide bonds. The Hall–Kier alpha value is -2.90. The number of H-pyrrole nitrogens is 1. The summed E-state index contributed by atoms with van der Waals surface area (Å²) < 4.78 is 14.8. The molecule has 0 saturated carbocycles. The number of hydrogen-bond donors (Lipinski definition) is 3. The molecule has 0 aliphatic carbocycles. The molecule has 3 aromatic rings. The van der Waals surface area contributed by atoms with Crippen molar-refractivity contribution in [3.05, 3.63) is 46.3 Å². The Morgan fingerprint density at radius 3 is 3.00 bits per heavy atom. The lowest BCUT2D eigenvalue weighted by molar-refractivity contribution is 0.467. The van der Waals surface area contributed by atoms with Crippen LogP contribution in [0.3, 0.4) is 0 Å². The Labute approximate surface area is 111 Å². The second-order valence-corrected chi connectivity index (χ2v) is 4.24. The number of aromatic nitrogens is 4. The van der Waals surface area contributed by atoms with Crippen LogP contribution in [0.15, 0.2) is 29.3 Å². The summed E-state index contributed by atoms with van der Waals surface area (Å²) in [5, 5.41) is 9.17. The van der Waals surface area contributed by atoms with Gasteiger partial charge in [0, 0.05) is 11.6 Å². The molecule has 20 heavy (non-hydrogen) atoms. The summed E-state index contributed by atoms with van der Waals surface area (Å²) in [5.41, 5.74) is 5.91. The first-order valence-corrected chi connectivity index (χ1v) is 5.73. The lowest BCUT2D eigenvalue weighted by atomic mass is 10.2. The number of anilines is 1. The standard InChI is InChI=1S/C12H10FN5O2/c13-8-3-7(19)2-1-6(8)4-18-11(20)9-10(16-5-15-9)17-12(18)14/h1-3,5,19H,4H2,(H2,14,17)(H,15,16). The number of aromatic amines is 1. The van der Waals surface area contributed by atoms with Crippen LogP contribution in [0.2, 0.25) is 0 Å². The third-order valence-electron chi connectivity index (χ3n) is 2.94. The monoisotopic (exact) mass is 275 g/mol. The van der Waals surface area contributed by atoms with E-state index >= 15 is 0 Å². The maximum Gasteiger partial charge on any atom is 0.281 e. The van der Waals surface area contributed by atoms with Gasteiger partial charge in [0.05, 0.1) is 12.9 Å². The van der Waals surface area contributed by atoms with Crippen LogP contribution in [-0.2, 0) is 6.54 Å². The van der Waals surface area contributed by atoms with Gasteiger partial charge >= 0.3 is 0 Å². The predicted molar refractivity (Wildman–Crippen MR) is 69.7 cm³/mol. The van der Waals surface area contributed by atoms with Gasteiger partial charge in [0.15, 0.2) is 11.2 Å². The van der Waals surface area contributed by atoms with E-state index in [1.165, 1.54) is 18.5 Å². The molecule has 8 heteroatoms. The van der Waals surface area contributed by atoms with Gasteiger partial charge in [-0.25, -0.2) is 9.37 Å². The minimum absolute atomic E-state index is 0.0536. The van der Waals surface area contributed by atoms with Crippen LogP contribution in [0.1, 0.15) is 5.56 Å². The van der Waals surface area contributed by atoms with Crippen molar-refractivity contribution in [3.8, 4) is 5.75 Å². The van der Waals surface area contributed by atoms with Gasteiger partial charge in [0.1, 0.15) is 11.6 Å². The van der Waals surface area contributed by atoms with E-state index in [1.807, 2.05) is 0 Å². The Morgan fingerprint density at radius 2 is 2.25 bits per heavy atom. The van der Waals surface area contributed by atoms with Crippen molar-refractivity contribution in [2.75, 3.05) is 5.73 Å². The number of phenolic OH excluding ortho intramolecular Hbond substituents is 1. The summed E-state index contributed by atoms with van der Waals surface area (Å²) in [7, 11) is 0. The maximum atomic E-state index is 13.7. The first-order valence-electron chi connectivity index (χ1n) is 5.73. The Morgan fingerprint density at radius 1 is 1.45 bits per heavy atom. The summed E-state index contributed by atoms with van der Waals surface area (Å²) in [6, 6.07) is 3.69. The fraction of sp³-hybridized carbons (Fsp3) is 0.0833. The van der Waals surface area contributed by atoms with Gasteiger partial charge in [-0.1, -0.05) is 6.07 Å². The highest BCUT2D eigenvalue weighted by Gasteiger charge is 2.13. The first-order chi connectivity index (χ1) is 9.56. The summed E-state index contributed by atoms with van der Waals surface area (Å²) in [5.74, 6) is -0.864. The number of phenols is 1. The second-order valence-electron chi connectivity index (χ2n) is 4.24. The van der Waals surface area contributed by atoms with Crippen molar-refractivity contribution in [3.63, 3.8) is 0 Å². The van der Waals surface area contributed by atoms with E-state index in [2.05, 4.69) is 15.0 Å². The summed E-state index contributed by atoms with van der Waals surface area (Å²) in [4.78, 5) is 22.7. The van der Waals surface area contributed by atoms with Gasteiger partial charge in [-0.3, -0.25) is 9.36 Å². The van der Waals surface area contributed by atoms with Crippen LogP contribution >= 0.6 is 0 Å². The molecule has 0 unspecified atom stereocenters.